The monoisotopic (exact) mass is 230 g/mol. The van der Waals surface area contributed by atoms with Gasteiger partial charge in [0.25, 0.3) is 0 Å². The Kier molecular flexibility index (Phi) is 3.18. The first-order valence-electron chi connectivity index (χ1n) is 5.37. The molecule has 88 valence electrons. The number of aromatic nitrogens is 3. The summed E-state index contributed by atoms with van der Waals surface area (Å²) in [5, 5.41) is 7.42. The maximum absolute atomic E-state index is 5.51. The molecule has 0 saturated carbocycles. The Labute approximate surface area is 99.7 Å². The van der Waals surface area contributed by atoms with E-state index in [0.29, 0.717) is 0 Å². The summed E-state index contributed by atoms with van der Waals surface area (Å²) in [5.41, 5.74) is 8.32. The van der Waals surface area contributed by atoms with Crippen molar-refractivity contribution in [2.24, 2.45) is 0 Å². The van der Waals surface area contributed by atoms with E-state index in [-0.39, 0.29) is 5.95 Å². The average Bonchev–Trinajstić information content (AvgIpc) is 2.38. The van der Waals surface area contributed by atoms with Crippen LogP contribution in [0.4, 0.5) is 5.95 Å². The Morgan fingerprint density at radius 3 is 2.82 bits per heavy atom. The third kappa shape index (κ3) is 2.33. The van der Waals surface area contributed by atoms with Gasteiger partial charge in [-0.15, -0.1) is 5.10 Å². The van der Waals surface area contributed by atoms with E-state index in [1.54, 1.807) is 13.3 Å². The number of nitrogens with zero attached hydrogens (tertiary/aromatic N) is 3. The third-order valence-electron chi connectivity index (χ3n) is 2.53. The molecule has 0 amide bonds. The van der Waals surface area contributed by atoms with Crippen molar-refractivity contribution in [2.45, 2.75) is 13.3 Å². The Bertz CT molecular complexity index is 528. The van der Waals surface area contributed by atoms with Gasteiger partial charge in [0.15, 0.2) is 0 Å². The number of hydrogen-bond acceptors (Lipinski definition) is 5. The van der Waals surface area contributed by atoms with E-state index < -0.39 is 0 Å². The first-order valence-corrected chi connectivity index (χ1v) is 5.37. The van der Waals surface area contributed by atoms with Crippen molar-refractivity contribution in [2.75, 3.05) is 12.8 Å². The summed E-state index contributed by atoms with van der Waals surface area (Å²) in [6, 6.07) is 5.89. The molecule has 0 atom stereocenters. The van der Waals surface area contributed by atoms with Gasteiger partial charge in [0, 0.05) is 5.56 Å². The topological polar surface area (TPSA) is 73.9 Å². The standard InChI is InChI=1S/C12H14N4O/c1-3-8-6-9(4-5-11(8)17-2)10-7-14-16-12(13)15-10/h4-7H,3H2,1-2H3,(H2,13,15,16). The summed E-state index contributed by atoms with van der Waals surface area (Å²) in [7, 11) is 1.67. The molecule has 5 nitrogen and oxygen atoms in total. The molecule has 1 aromatic carbocycles. The second-order valence-electron chi connectivity index (χ2n) is 3.58. The van der Waals surface area contributed by atoms with Gasteiger partial charge in [-0.3, -0.25) is 0 Å². The van der Waals surface area contributed by atoms with Crippen molar-refractivity contribution >= 4 is 5.95 Å². The predicted molar refractivity (Wildman–Crippen MR) is 65.6 cm³/mol. The number of rotatable bonds is 3. The van der Waals surface area contributed by atoms with Crippen molar-refractivity contribution in [3.05, 3.63) is 30.0 Å². The molecule has 0 fully saturated rings. The first-order chi connectivity index (χ1) is 8.24. The Morgan fingerprint density at radius 1 is 1.35 bits per heavy atom. The van der Waals surface area contributed by atoms with Crippen LogP contribution in [0.15, 0.2) is 24.4 Å². The van der Waals surface area contributed by atoms with E-state index in [1.165, 1.54) is 0 Å². The van der Waals surface area contributed by atoms with Crippen LogP contribution >= 0.6 is 0 Å². The van der Waals surface area contributed by atoms with E-state index in [2.05, 4.69) is 22.1 Å². The Hall–Kier alpha value is -2.17. The highest BCUT2D eigenvalue weighted by atomic mass is 16.5. The molecule has 1 aromatic heterocycles. The normalized spacial score (nSPS) is 10.2. The average molecular weight is 230 g/mol. The van der Waals surface area contributed by atoms with Crippen LogP contribution in [0, 0.1) is 0 Å². The highest BCUT2D eigenvalue weighted by Gasteiger charge is 2.06. The lowest BCUT2D eigenvalue weighted by Crippen LogP contribution is -1.98. The smallest absolute Gasteiger partial charge is 0.240 e. The number of aryl methyl sites for hydroxylation is 1. The van der Waals surface area contributed by atoms with Gasteiger partial charge in [-0.2, -0.15) is 5.10 Å². The van der Waals surface area contributed by atoms with Gasteiger partial charge >= 0.3 is 0 Å². The van der Waals surface area contributed by atoms with Gasteiger partial charge in [0.05, 0.1) is 19.0 Å². The molecule has 5 heteroatoms. The van der Waals surface area contributed by atoms with Gasteiger partial charge in [0.1, 0.15) is 5.75 Å². The van der Waals surface area contributed by atoms with E-state index in [9.17, 15) is 0 Å². The minimum absolute atomic E-state index is 0.177. The van der Waals surface area contributed by atoms with Crippen LogP contribution < -0.4 is 10.5 Å². The quantitative estimate of drug-likeness (QED) is 0.868. The minimum Gasteiger partial charge on any atom is -0.496 e. The summed E-state index contributed by atoms with van der Waals surface area (Å²) in [6.07, 6.45) is 2.49. The summed E-state index contributed by atoms with van der Waals surface area (Å²) >= 11 is 0. The number of methoxy groups -OCH3 is 1. The van der Waals surface area contributed by atoms with Crippen LogP contribution in [0.25, 0.3) is 11.3 Å². The molecular weight excluding hydrogens is 216 g/mol. The molecule has 2 aromatic rings. The lowest BCUT2D eigenvalue weighted by Gasteiger charge is -2.08. The van der Waals surface area contributed by atoms with E-state index in [4.69, 9.17) is 10.5 Å². The highest BCUT2D eigenvalue weighted by molar-refractivity contribution is 5.61. The number of ether oxygens (including phenoxy) is 1. The van der Waals surface area contributed by atoms with Crippen LogP contribution in [0.5, 0.6) is 5.75 Å². The van der Waals surface area contributed by atoms with Crippen molar-refractivity contribution in [1.82, 2.24) is 15.2 Å². The number of anilines is 1. The second kappa shape index (κ2) is 4.78. The molecule has 0 unspecified atom stereocenters. The predicted octanol–water partition coefficient (Wildman–Crippen LogP) is 1.69. The number of nitrogens with two attached hydrogens (primary N) is 1. The third-order valence-corrected chi connectivity index (χ3v) is 2.53. The van der Waals surface area contributed by atoms with Gasteiger partial charge < -0.3 is 10.5 Å². The maximum Gasteiger partial charge on any atom is 0.240 e. The fourth-order valence-corrected chi connectivity index (χ4v) is 1.67. The van der Waals surface area contributed by atoms with Gasteiger partial charge in [0.2, 0.25) is 5.95 Å². The summed E-state index contributed by atoms with van der Waals surface area (Å²) in [6.45, 7) is 2.08. The van der Waals surface area contributed by atoms with E-state index >= 15 is 0 Å². The van der Waals surface area contributed by atoms with Crippen LogP contribution in [-0.2, 0) is 6.42 Å². The molecule has 0 saturated heterocycles. The molecular formula is C12H14N4O. The maximum atomic E-state index is 5.51. The Morgan fingerprint density at radius 2 is 2.18 bits per heavy atom. The molecule has 0 spiro atoms. The summed E-state index contributed by atoms with van der Waals surface area (Å²) in [5.74, 6) is 1.06. The molecule has 0 aliphatic rings. The molecule has 0 aliphatic heterocycles. The van der Waals surface area contributed by atoms with Crippen LogP contribution in [-0.4, -0.2) is 22.3 Å². The number of benzene rings is 1. The lowest BCUT2D eigenvalue weighted by atomic mass is 10.1. The zero-order valence-electron chi connectivity index (χ0n) is 9.84. The van der Waals surface area contributed by atoms with Crippen LogP contribution in [0.1, 0.15) is 12.5 Å². The largest absolute Gasteiger partial charge is 0.496 e. The molecule has 1 heterocycles. The molecule has 0 aliphatic carbocycles. The zero-order valence-corrected chi connectivity index (χ0v) is 9.84. The van der Waals surface area contributed by atoms with Gasteiger partial charge in [-0.1, -0.05) is 6.92 Å². The fraction of sp³-hybridized carbons (Fsp3) is 0.250. The van der Waals surface area contributed by atoms with E-state index in [0.717, 1.165) is 29.0 Å². The van der Waals surface area contributed by atoms with Gasteiger partial charge in [-0.25, -0.2) is 4.98 Å². The minimum atomic E-state index is 0.177. The van der Waals surface area contributed by atoms with E-state index in [1.807, 2.05) is 18.2 Å². The number of hydrogen-bond donors (Lipinski definition) is 1. The van der Waals surface area contributed by atoms with Crippen molar-refractivity contribution in [3.63, 3.8) is 0 Å². The molecule has 17 heavy (non-hydrogen) atoms. The van der Waals surface area contributed by atoms with Gasteiger partial charge in [-0.05, 0) is 30.2 Å². The highest BCUT2D eigenvalue weighted by Crippen LogP contribution is 2.25. The summed E-state index contributed by atoms with van der Waals surface area (Å²) < 4.78 is 5.28. The zero-order chi connectivity index (χ0) is 12.3. The SMILES string of the molecule is CCc1cc(-c2cnnc(N)n2)ccc1OC. The first kappa shape index (κ1) is 11.3. The number of nitrogen functional groups attached to an aromatic ring is 1. The lowest BCUT2D eigenvalue weighted by molar-refractivity contribution is 0.410. The molecule has 0 radical (unpaired) electrons. The fourth-order valence-electron chi connectivity index (χ4n) is 1.67. The Balaban J connectivity index is 2.46. The van der Waals surface area contributed by atoms with Crippen molar-refractivity contribution < 1.29 is 4.74 Å². The van der Waals surface area contributed by atoms with Crippen molar-refractivity contribution in [3.8, 4) is 17.0 Å². The van der Waals surface area contributed by atoms with Crippen LogP contribution in [0.2, 0.25) is 0 Å². The van der Waals surface area contributed by atoms with Crippen molar-refractivity contribution in [1.29, 1.82) is 0 Å². The molecule has 0 bridgehead atoms. The molecule has 2 N–H and O–H groups in total. The van der Waals surface area contributed by atoms with Crippen LogP contribution in [0.3, 0.4) is 0 Å². The second-order valence-corrected chi connectivity index (χ2v) is 3.58. The molecule has 2 rings (SSSR count). The summed E-state index contributed by atoms with van der Waals surface area (Å²) in [4.78, 5) is 4.14.